The molecule has 0 saturated heterocycles. The van der Waals surface area contributed by atoms with E-state index in [2.05, 4.69) is 4.72 Å². The van der Waals surface area contributed by atoms with Crippen molar-refractivity contribution in [2.24, 2.45) is 14.1 Å². The monoisotopic (exact) mass is 291 g/mol. The molecule has 0 bridgehead atoms. The summed E-state index contributed by atoms with van der Waals surface area (Å²) in [7, 11) is -1.55. The predicted octanol–water partition coefficient (Wildman–Crippen LogP) is -1.87. The molecule has 1 aromatic heterocycles. The fourth-order valence-electron chi connectivity index (χ4n) is 1.31. The lowest BCUT2D eigenvalue weighted by Gasteiger charge is -2.17. The molecule has 0 amide bonds. The van der Waals surface area contributed by atoms with Crippen molar-refractivity contribution in [2.45, 2.75) is 24.3 Å². The van der Waals surface area contributed by atoms with Crippen molar-refractivity contribution >= 4 is 10.0 Å². The number of hydrogen-bond acceptors (Lipinski definition) is 5. The lowest BCUT2D eigenvalue weighted by atomic mass is 10.1. The van der Waals surface area contributed by atoms with Gasteiger partial charge in [0.25, 0.3) is 5.56 Å². The summed E-state index contributed by atoms with van der Waals surface area (Å²) in [6.45, 7) is 2.60. The fourth-order valence-corrected chi connectivity index (χ4v) is 2.67. The fraction of sp³-hybridized carbons (Fsp3) is 0.600. The first kappa shape index (κ1) is 15.6. The van der Waals surface area contributed by atoms with Crippen LogP contribution >= 0.6 is 0 Å². The van der Waals surface area contributed by atoms with E-state index < -0.39 is 31.8 Å². The second-order valence-electron chi connectivity index (χ2n) is 4.89. The van der Waals surface area contributed by atoms with Gasteiger partial charge in [-0.05, 0) is 13.8 Å². The zero-order valence-corrected chi connectivity index (χ0v) is 12.0. The van der Waals surface area contributed by atoms with E-state index in [9.17, 15) is 23.1 Å². The summed E-state index contributed by atoms with van der Waals surface area (Å²) in [4.78, 5) is 22.7. The molecule has 0 aliphatic heterocycles. The minimum absolute atomic E-state index is 0.249. The molecule has 0 aliphatic carbocycles. The summed E-state index contributed by atoms with van der Waals surface area (Å²) in [5.41, 5.74) is -2.78. The molecular weight excluding hydrogens is 274 g/mol. The van der Waals surface area contributed by atoms with Crippen LogP contribution in [0.25, 0.3) is 0 Å². The minimum atomic E-state index is -4.09. The van der Waals surface area contributed by atoms with E-state index in [1.807, 2.05) is 0 Å². The zero-order valence-electron chi connectivity index (χ0n) is 11.2. The molecule has 9 heteroatoms. The molecule has 0 radical (unpaired) electrons. The van der Waals surface area contributed by atoms with E-state index >= 15 is 0 Å². The van der Waals surface area contributed by atoms with E-state index in [4.69, 9.17) is 0 Å². The highest BCUT2D eigenvalue weighted by Gasteiger charge is 2.24. The molecule has 0 aliphatic rings. The van der Waals surface area contributed by atoms with Crippen LogP contribution in [-0.4, -0.2) is 34.8 Å². The average Bonchev–Trinajstić information content (AvgIpc) is 2.27. The van der Waals surface area contributed by atoms with E-state index in [0.29, 0.717) is 4.57 Å². The average molecular weight is 291 g/mol. The Balaban J connectivity index is 3.32. The summed E-state index contributed by atoms with van der Waals surface area (Å²) >= 11 is 0. The standard InChI is InChI=1S/C10H17N3O5S/c1-10(2,16)6-11-19(17,18)7-5-12(3)9(15)13(4)8(7)14/h5,11,16H,6H2,1-4H3. The van der Waals surface area contributed by atoms with Gasteiger partial charge in [0.1, 0.15) is 0 Å². The van der Waals surface area contributed by atoms with Crippen LogP contribution in [0.3, 0.4) is 0 Å². The molecule has 2 N–H and O–H groups in total. The Bertz CT molecular complexity index is 693. The Morgan fingerprint density at radius 3 is 2.32 bits per heavy atom. The van der Waals surface area contributed by atoms with Crippen LogP contribution in [0.15, 0.2) is 20.7 Å². The maximum Gasteiger partial charge on any atom is 0.330 e. The number of nitrogens with zero attached hydrogens (tertiary/aromatic N) is 2. The topological polar surface area (TPSA) is 110 Å². The van der Waals surface area contributed by atoms with E-state index in [-0.39, 0.29) is 6.54 Å². The molecular formula is C10H17N3O5S. The van der Waals surface area contributed by atoms with Crippen molar-refractivity contribution in [1.82, 2.24) is 13.9 Å². The summed E-state index contributed by atoms with van der Waals surface area (Å²) in [5, 5.41) is 9.48. The summed E-state index contributed by atoms with van der Waals surface area (Å²) in [6, 6.07) is 0. The lowest BCUT2D eigenvalue weighted by Crippen LogP contribution is -2.44. The van der Waals surface area contributed by atoms with Gasteiger partial charge in [0, 0.05) is 26.8 Å². The van der Waals surface area contributed by atoms with Crippen molar-refractivity contribution < 1.29 is 13.5 Å². The number of rotatable bonds is 4. The minimum Gasteiger partial charge on any atom is -0.389 e. The van der Waals surface area contributed by atoms with Crippen molar-refractivity contribution in [2.75, 3.05) is 6.54 Å². The van der Waals surface area contributed by atoms with Gasteiger partial charge < -0.3 is 9.67 Å². The smallest absolute Gasteiger partial charge is 0.330 e. The third-order valence-electron chi connectivity index (χ3n) is 2.40. The summed E-state index contributed by atoms with van der Waals surface area (Å²) in [6.07, 6.45) is 0.956. The first-order valence-corrected chi connectivity index (χ1v) is 6.93. The first-order chi connectivity index (χ1) is 8.46. The molecule has 19 heavy (non-hydrogen) atoms. The Labute approximate surface area is 110 Å². The normalized spacial score (nSPS) is 12.7. The van der Waals surface area contributed by atoms with E-state index in [1.165, 1.54) is 27.9 Å². The maximum absolute atomic E-state index is 12.0. The van der Waals surface area contributed by atoms with Gasteiger partial charge in [-0.3, -0.25) is 9.36 Å². The van der Waals surface area contributed by atoms with Gasteiger partial charge in [0.05, 0.1) is 5.60 Å². The molecule has 0 aromatic carbocycles. The Morgan fingerprint density at radius 2 is 1.84 bits per heavy atom. The van der Waals surface area contributed by atoms with Crippen molar-refractivity contribution in [1.29, 1.82) is 0 Å². The third kappa shape index (κ3) is 3.52. The number of nitrogens with one attached hydrogen (secondary N) is 1. The third-order valence-corrected chi connectivity index (χ3v) is 3.78. The van der Waals surface area contributed by atoms with Gasteiger partial charge >= 0.3 is 5.69 Å². The van der Waals surface area contributed by atoms with E-state index in [1.54, 1.807) is 0 Å². The van der Waals surface area contributed by atoms with Gasteiger partial charge in [-0.15, -0.1) is 0 Å². The maximum atomic E-state index is 12.0. The van der Waals surface area contributed by atoms with Crippen LogP contribution in [0.4, 0.5) is 0 Å². The first-order valence-electron chi connectivity index (χ1n) is 5.44. The largest absolute Gasteiger partial charge is 0.389 e. The summed E-state index contributed by atoms with van der Waals surface area (Å²) < 4.78 is 27.8. The molecule has 0 spiro atoms. The second-order valence-corrected chi connectivity index (χ2v) is 6.62. The molecule has 0 fully saturated rings. The molecule has 0 unspecified atom stereocenters. The highest BCUT2D eigenvalue weighted by Crippen LogP contribution is 2.03. The van der Waals surface area contributed by atoms with Crippen LogP contribution in [0, 0.1) is 0 Å². The van der Waals surface area contributed by atoms with E-state index in [0.717, 1.165) is 10.8 Å². The molecule has 1 rings (SSSR count). The van der Waals surface area contributed by atoms with Crippen LogP contribution in [0.2, 0.25) is 0 Å². The Kier molecular flexibility index (Phi) is 4.03. The van der Waals surface area contributed by atoms with Gasteiger partial charge in [0.2, 0.25) is 10.0 Å². The van der Waals surface area contributed by atoms with Crippen molar-refractivity contribution in [3.05, 3.63) is 27.0 Å². The van der Waals surface area contributed by atoms with Crippen molar-refractivity contribution in [3.63, 3.8) is 0 Å². The molecule has 1 heterocycles. The van der Waals surface area contributed by atoms with Gasteiger partial charge in [-0.2, -0.15) is 0 Å². The number of hydrogen-bond donors (Lipinski definition) is 2. The molecule has 0 atom stereocenters. The highest BCUT2D eigenvalue weighted by molar-refractivity contribution is 7.89. The molecule has 8 nitrogen and oxygen atoms in total. The number of sulfonamides is 1. The van der Waals surface area contributed by atoms with Crippen molar-refractivity contribution in [3.8, 4) is 0 Å². The zero-order chi connectivity index (χ0) is 15.0. The summed E-state index contributed by atoms with van der Waals surface area (Å²) in [5.74, 6) is 0. The number of aliphatic hydroxyl groups is 1. The van der Waals surface area contributed by atoms with Gasteiger partial charge in [-0.1, -0.05) is 0 Å². The molecule has 0 saturated carbocycles. The van der Waals surface area contributed by atoms with Gasteiger partial charge in [-0.25, -0.2) is 17.9 Å². The quantitative estimate of drug-likeness (QED) is 0.675. The number of aryl methyl sites for hydroxylation is 1. The van der Waals surface area contributed by atoms with Crippen LogP contribution in [0.5, 0.6) is 0 Å². The predicted molar refractivity (Wildman–Crippen MR) is 68.4 cm³/mol. The molecule has 1 aromatic rings. The van der Waals surface area contributed by atoms with Crippen LogP contribution < -0.4 is 16.0 Å². The Morgan fingerprint density at radius 1 is 1.32 bits per heavy atom. The van der Waals surface area contributed by atoms with Gasteiger partial charge in [0.15, 0.2) is 4.90 Å². The second kappa shape index (κ2) is 4.91. The van der Waals surface area contributed by atoms with Crippen LogP contribution in [-0.2, 0) is 24.1 Å². The lowest BCUT2D eigenvalue weighted by molar-refractivity contribution is 0.0857. The van der Waals surface area contributed by atoms with Crippen LogP contribution in [0.1, 0.15) is 13.8 Å². The highest BCUT2D eigenvalue weighted by atomic mass is 32.2. The Hall–Kier alpha value is -1.45. The SMILES string of the molecule is Cn1cc(S(=O)(=O)NCC(C)(C)O)c(=O)n(C)c1=O. The molecule has 108 valence electrons. The number of aromatic nitrogens is 2.